The fourth-order valence-corrected chi connectivity index (χ4v) is 2.60. The molecule has 0 saturated heterocycles. The average Bonchev–Trinajstić information content (AvgIpc) is 2.49. The van der Waals surface area contributed by atoms with Crippen molar-refractivity contribution in [3.63, 3.8) is 0 Å². The standard InChI is InChI=1S/C16H19N3/c1-2-8-19-15(6-1)12-18-11-14-5-3-4-13-10-17-9-7-16(13)14/h1-6,8,17-18H,7,9-12H2. The van der Waals surface area contributed by atoms with Crippen LogP contribution in [0.3, 0.4) is 0 Å². The minimum Gasteiger partial charge on any atom is -0.312 e. The molecule has 0 aliphatic carbocycles. The van der Waals surface area contributed by atoms with Gasteiger partial charge in [-0.3, -0.25) is 4.98 Å². The number of nitrogens with one attached hydrogen (secondary N) is 2. The predicted molar refractivity (Wildman–Crippen MR) is 76.6 cm³/mol. The molecule has 0 atom stereocenters. The molecule has 2 aromatic rings. The van der Waals surface area contributed by atoms with Gasteiger partial charge in [-0.15, -0.1) is 0 Å². The number of benzene rings is 1. The molecule has 2 N–H and O–H groups in total. The maximum Gasteiger partial charge on any atom is 0.0541 e. The fourth-order valence-electron chi connectivity index (χ4n) is 2.60. The summed E-state index contributed by atoms with van der Waals surface area (Å²) in [6, 6.07) is 12.6. The summed E-state index contributed by atoms with van der Waals surface area (Å²) in [7, 11) is 0. The van der Waals surface area contributed by atoms with E-state index in [1.807, 2.05) is 18.3 Å². The highest BCUT2D eigenvalue weighted by atomic mass is 14.9. The van der Waals surface area contributed by atoms with Crippen LogP contribution < -0.4 is 10.6 Å². The smallest absolute Gasteiger partial charge is 0.0541 e. The van der Waals surface area contributed by atoms with Gasteiger partial charge < -0.3 is 10.6 Å². The van der Waals surface area contributed by atoms with Crippen LogP contribution in [0.25, 0.3) is 0 Å². The predicted octanol–water partition coefficient (Wildman–Crippen LogP) is 2.02. The Morgan fingerprint density at radius 1 is 1.11 bits per heavy atom. The Labute approximate surface area is 114 Å². The quantitative estimate of drug-likeness (QED) is 0.875. The normalized spacial score (nSPS) is 14.1. The number of hydrogen-bond acceptors (Lipinski definition) is 3. The highest BCUT2D eigenvalue weighted by Crippen LogP contribution is 2.18. The zero-order valence-electron chi connectivity index (χ0n) is 11.0. The maximum absolute atomic E-state index is 4.32. The van der Waals surface area contributed by atoms with Crippen LogP contribution in [0.5, 0.6) is 0 Å². The summed E-state index contributed by atoms with van der Waals surface area (Å²) in [4.78, 5) is 4.32. The summed E-state index contributed by atoms with van der Waals surface area (Å²) < 4.78 is 0. The summed E-state index contributed by atoms with van der Waals surface area (Å²) in [6.07, 6.45) is 2.98. The van der Waals surface area contributed by atoms with Crippen LogP contribution in [-0.4, -0.2) is 11.5 Å². The monoisotopic (exact) mass is 253 g/mol. The largest absolute Gasteiger partial charge is 0.312 e. The molecule has 3 heteroatoms. The van der Waals surface area contributed by atoms with E-state index < -0.39 is 0 Å². The third-order valence-electron chi connectivity index (χ3n) is 3.59. The van der Waals surface area contributed by atoms with Gasteiger partial charge in [0.05, 0.1) is 5.69 Å². The Bertz CT molecular complexity index is 537. The number of aromatic nitrogens is 1. The maximum atomic E-state index is 4.32. The molecule has 1 aromatic carbocycles. The summed E-state index contributed by atoms with van der Waals surface area (Å²) in [6.45, 7) is 3.83. The van der Waals surface area contributed by atoms with Gasteiger partial charge in [0.2, 0.25) is 0 Å². The zero-order valence-corrected chi connectivity index (χ0v) is 11.0. The van der Waals surface area contributed by atoms with Crippen LogP contribution in [0.4, 0.5) is 0 Å². The first-order valence-electron chi connectivity index (χ1n) is 6.84. The summed E-state index contributed by atoms with van der Waals surface area (Å²) in [5.41, 5.74) is 5.49. The van der Waals surface area contributed by atoms with Crippen LogP contribution >= 0.6 is 0 Å². The third-order valence-corrected chi connectivity index (χ3v) is 3.59. The molecule has 0 bridgehead atoms. The van der Waals surface area contributed by atoms with E-state index >= 15 is 0 Å². The molecular weight excluding hydrogens is 234 g/mol. The molecule has 0 fully saturated rings. The van der Waals surface area contributed by atoms with E-state index in [0.717, 1.165) is 38.3 Å². The Morgan fingerprint density at radius 3 is 3.00 bits per heavy atom. The Kier molecular flexibility index (Phi) is 3.86. The van der Waals surface area contributed by atoms with Gasteiger partial charge in [0, 0.05) is 25.8 Å². The van der Waals surface area contributed by atoms with E-state index in [4.69, 9.17) is 0 Å². The van der Waals surface area contributed by atoms with Gasteiger partial charge in [0.1, 0.15) is 0 Å². The molecule has 1 aliphatic heterocycles. The Balaban J connectivity index is 1.64. The molecule has 3 nitrogen and oxygen atoms in total. The van der Waals surface area contributed by atoms with Crippen LogP contribution in [0.1, 0.15) is 22.4 Å². The molecule has 0 saturated carbocycles. The summed E-state index contributed by atoms with van der Waals surface area (Å²) in [5.74, 6) is 0. The van der Waals surface area contributed by atoms with Crippen molar-refractivity contribution in [2.75, 3.05) is 6.54 Å². The van der Waals surface area contributed by atoms with E-state index in [1.165, 1.54) is 16.7 Å². The van der Waals surface area contributed by atoms with Gasteiger partial charge in [-0.2, -0.15) is 0 Å². The van der Waals surface area contributed by atoms with Crippen molar-refractivity contribution in [2.24, 2.45) is 0 Å². The molecule has 0 spiro atoms. The van der Waals surface area contributed by atoms with E-state index in [9.17, 15) is 0 Å². The van der Waals surface area contributed by atoms with Crippen molar-refractivity contribution in [2.45, 2.75) is 26.1 Å². The highest BCUT2D eigenvalue weighted by Gasteiger charge is 2.11. The summed E-state index contributed by atoms with van der Waals surface area (Å²) in [5, 5.41) is 6.90. The lowest BCUT2D eigenvalue weighted by molar-refractivity contribution is 0.624. The van der Waals surface area contributed by atoms with Crippen molar-refractivity contribution in [3.05, 3.63) is 65.0 Å². The molecule has 1 aromatic heterocycles. The molecule has 19 heavy (non-hydrogen) atoms. The average molecular weight is 253 g/mol. The number of pyridine rings is 1. The summed E-state index contributed by atoms with van der Waals surface area (Å²) >= 11 is 0. The molecule has 1 aliphatic rings. The SMILES string of the molecule is c1ccc(CNCc2cccc3c2CCNC3)nc1. The van der Waals surface area contributed by atoms with E-state index in [0.29, 0.717) is 0 Å². The zero-order chi connectivity index (χ0) is 12.9. The van der Waals surface area contributed by atoms with Crippen LogP contribution in [0.2, 0.25) is 0 Å². The van der Waals surface area contributed by atoms with Gasteiger partial charge in [-0.1, -0.05) is 24.3 Å². The van der Waals surface area contributed by atoms with Crippen LogP contribution in [0, 0.1) is 0 Å². The van der Waals surface area contributed by atoms with Gasteiger partial charge in [0.25, 0.3) is 0 Å². The van der Waals surface area contributed by atoms with E-state index in [-0.39, 0.29) is 0 Å². The second-order valence-electron chi connectivity index (χ2n) is 4.91. The van der Waals surface area contributed by atoms with Crippen molar-refractivity contribution in [1.82, 2.24) is 15.6 Å². The second kappa shape index (κ2) is 5.95. The topological polar surface area (TPSA) is 37.0 Å². The van der Waals surface area contributed by atoms with Crippen molar-refractivity contribution < 1.29 is 0 Å². The molecule has 0 amide bonds. The lowest BCUT2D eigenvalue weighted by Crippen LogP contribution is -2.25. The molecule has 2 heterocycles. The van der Waals surface area contributed by atoms with E-state index in [1.54, 1.807) is 0 Å². The van der Waals surface area contributed by atoms with Crippen molar-refractivity contribution in [1.29, 1.82) is 0 Å². The number of fused-ring (bicyclic) bond motifs is 1. The Morgan fingerprint density at radius 2 is 2.11 bits per heavy atom. The molecule has 3 rings (SSSR count). The molecular formula is C16H19N3. The lowest BCUT2D eigenvalue weighted by Gasteiger charge is -2.20. The number of rotatable bonds is 4. The van der Waals surface area contributed by atoms with Crippen LogP contribution in [0.15, 0.2) is 42.6 Å². The van der Waals surface area contributed by atoms with Crippen LogP contribution in [-0.2, 0) is 26.1 Å². The first-order chi connectivity index (χ1) is 9.43. The number of hydrogen-bond donors (Lipinski definition) is 2. The highest BCUT2D eigenvalue weighted by molar-refractivity contribution is 5.36. The van der Waals surface area contributed by atoms with Crippen molar-refractivity contribution in [3.8, 4) is 0 Å². The van der Waals surface area contributed by atoms with Crippen molar-refractivity contribution >= 4 is 0 Å². The Hall–Kier alpha value is -1.71. The van der Waals surface area contributed by atoms with E-state index in [2.05, 4.69) is 39.9 Å². The minimum atomic E-state index is 0.822. The third kappa shape index (κ3) is 3.00. The first kappa shape index (κ1) is 12.3. The number of nitrogens with zero attached hydrogens (tertiary/aromatic N) is 1. The fraction of sp³-hybridized carbons (Fsp3) is 0.312. The minimum absolute atomic E-state index is 0.822. The lowest BCUT2D eigenvalue weighted by atomic mass is 9.95. The van der Waals surface area contributed by atoms with Gasteiger partial charge in [-0.05, 0) is 41.8 Å². The molecule has 98 valence electrons. The molecule has 0 unspecified atom stereocenters. The second-order valence-corrected chi connectivity index (χ2v) is 4.91. The first-order valence-corrected chi connectivity index (χ1v) is 6.84. The van der Waals surface area contributed by atoms with Gasteiger partial charge >= 0.3 is 0 Å². The van der Waals surface area contributed by atoms with Gasteiger partial charge in [-0.25, -0.2) is 0 Å². The molecule has 0 radical (unpaired) electrons. The van der Waals surface area contributed by atoms with Gasteiger partial charge in [0.15, 0.2) is 0 Å².